The molecule has 108 valence electrons. The number of ether oxygens (including phenoxy) is 1. The zero-order valence-corrected chi connectivity index (χ0v) is 12.4. The van der Waals surface area contributed by atoms with Crippen molar-refractivity contribution in [2.24, 2.45) is 0 Å². The standard InChI is InChI=1S/C18H25NO/c1-2-3-4-7-12-19-13-14-20-18-11-10-16-8-5-6-9-17(16)15-18/h5-6,8-11,15,19H,2-4,7,12-14H2,1H3. The minimum atomic E-state index is 0.728. The lowest BCUT2D eigenvalue weighted by Crippen LogP contribution is -2.22. The van der Waals surface area contributed by atoms with Crippen LogP contribution in [0, 0.1) is 0 Å². The number of fused-ring (bicyclic) bond motifs is 1. The molecule has 0 aliphatic heterocycles. The summed E-state index contributed by atoms with van der Waals surface area (Å²) in [6.07, 6.45) is 5.24. The van der Waals surface area contributed by atoms with Crippen LogP contribution in [0.15, 0.2) is 42.5 Å². The van der Waals surface area contributed by atoms with Gasteiger partial charge in [0.2, 0.25) is 0 Å². The summed E-state index contributed by atoms with van der Waals surface area (Å²) in [6.45, 7) is 4.98. The molecule has 0 aliphatic rings. The first-order chi connectivity index (χ1) is 9.90. The Balaban J connectivity index is 1.65. The molecule has 20 heavy (non-hydrogen) atoms. The van der Waals surface area contributed by atoms with Crippen LogP contribution in [0.2, 0.25) is 0 Å². The summed E-state index contributed by atoms with van der Waals surface area (Å²) in [4.78, 5) is 0. The first-order valence-corrected chi connectivity index (χ1v) is 7.72. The maximum absolute atomic E-state index is 5.78. The maximum Gasteiger partial charge on any atom is 0.120 e. The van der Waals surface area contributed by atoms with Crippen LogP contribution in [0.1, 0.15) is 32.6 Å². The van der Waals surface area contributed by atoms with E-state index in [0.717, 1.165) is 25.4 Å². The van der Waals surface area contributed by atoms with E-state index in [0.29, 0.717) is 0 Å². The van der Waals surface area contributed by atoms with Crippen molar-refractivity contribution in [2.75, 3.05) is 19.7 Å². The molecule has 0 saturated carbocycles. The summed E-state index contributed by atoms with van der Waals surface area (Å²) in [5, 5.41) is 5.92. The second-order valence-electron chi connectivity index (χ2n) is 5.17. The number of rotatable bonds is 9. The SMILES string of the molecule is CCCCCCNCCOc1ccc2ccccc2c1. The summed E-state index contributed by atoms with van der Waals surface area (Å²) < 4.78 is 5.78. The van der Waals surface area contributed by atoms with Crippen LogP contribution in [-0.2, 0) is 0 Å². The Labute approximate surface area is 122 Å². The maximum atomic E-state index is 5.78. The summed E-state index contributed by atoms with van der Waals surface area (Å²) in [5.74, 6) is 0.955. The fraction of sp³-hybridized carbons (Fsp3) is 0.444. The van der Waals surface area contributed by atoms with Crippen LogP contribution in [0.3, 0.4) is 0 Å². The number of hydrogen-bond donors (Lipinski definition) is 1. The largest absolute Gasteiger partial charge is 0.492 e. The van der Waals surface area contributed by atoms with Crippen LogP contribution >= 0.6 is 0 Å². The van der Waals surface area contributed by atoms with E-state index in [-0.39, 0.29) is 0 Å². The van der Waals surface area contributed by atoms with Crippen LogP contribution in [0.5, 0.6) is 5.75 Å². The highest BCUT2D eigenvalue weighted by molar-refractivity contribution is 5.83. The molecular formula is C18H25NO. The molecule has 0 atom stereocenters. The highest BCUT2D eigenvalue weighted by atomic mass is 16.5. The predicted molar refractivity (Wildman–Crippen MR) is 86.5 cm³/mol. The van der Waals surface area contributed by atoms with Crippen molar-refractivity contribution in [1.82, 2.24) is 5.32 Å². The molecule has 0 aliphatic carbocycles. The van der Waals surface area contributed by atoms with Gasteiger partial charge in [0, 0.05) is 6.54 Å². The van der Waals surface area contributed by atoms with Crippen molar-refractivity contribution in [2.45, 2.75) is 32.6 Å². The molecule has 0 amide bonds. The van der Waals surface area contributed by atoms with Crippen molar-refractivity contribution in [3.8, 4) is 5.75 Å². The molecule has 1 N–H and O–H groups in total. The number of hydrogen-bond acceptors (Lipinski definition) is 2. The molecule has 2 heteroatoms. The van der Waals surface area contributed by atoms with E-state index < -0.39 is 0 Å². The third kappa shape index (κ3) is 4.86. The van der Waals surface area contributed by atoms with Crippen molar-refractivity contribution >= 4 is 10.8 Å². The fourth-order valence-corrected chi connectivity index (χ4v) is 2.30. The Hall–Kier alpha value is -1.54. The van der Waals surface area contributed by atoms with Gasteiger partial charge < -0.3 is 10.1 Å². The molecule has 0 unspecified atom stereocenters. The lowest BCUT2D eigenvalue weighted by atomic mass is 10.1. The van der Waals surface area contributed by atoms with Crippen LogP contribution in [-0.4, -0.2) is 19.7 Å². The predicted octanol–water partition coefficient (Wildman–Crippen LogP) is 4.39. The zero-order valence-electron chi connectivity index (χ0n) is 12.4. The van der Waals surface area contributed by atoms with Gasteiger partial charge in [-0.2, -0.15) is 0 Å². The van der Waals surface area contributed by atoms with Gasteiger partial charge in [-0.05, 0) is 35.9 Å². The molecule has 2 aromatic rings. The monoisotopic (exact) mass is 271 g/mol. The van der Waals surface area contributed by atoms with E-state index in [4.69, 9.17) is 4.74 Å². The van der Waals surface area contributed by atoms with Gasteiger partial charge in [-0.15, -0.1) is 0 Å². The molecule has 0 aromatic heterocycles. The topological polar surface area (TPSA) is 21.3 Å². The molecule has 0 fully saturated rings. The Bertz CT molecular complexity index is 509. The van der Waals surface area contributed by atoms with Crippen LogP contribution in [0.25, 0.3) is 10.8 Å². The van der Waals surface area contributed by atoms with Gasteiger partial charge >= 0.3 is 0 Å². The van der Waals surface area contributed by atoms with E-state index in [1.165, 1.54) is 36.5 Å². The molecule has 0 saturated heterocycles. The van der Waals surface area contributed by atoms with E-state index in [9.17, 15) is 0 Å². The number of unbranched alkanes of at least 4 members (excludes halogenated alkanes) is 3. The summed E-state index contributed by atoms with van der Waals surface area (Å²) in [5.41, 5.74) is 0. The van der Waals surface area contributed by atoms with Gasteiger partial charge in [-0.3, -0.25) is 0 Å². The normalized spacial score (nSPS) is 10.8. The van der Waals surface area contributed by atoms with Gasteiger partial charge in [-0.25, -0.2) is 0 Å². The highest BCUT2D eigenvalue weighted by Crippen LogP contribution is 2.20. The lowest BCUT2D eigenvalue weighted by molar-refractivity contribution is 0.314. The van der Waals surface area contributed by atoms with Crippen LogP contribution < -0.4 is 10.1 Å². The number of nitrogens with one attached hydrogen (secondary N) is 1. The van der Waals surface area contributed by atoms with Crippen molar-refractivity contribution < 1.29 is 4.74 Å². The van der Waals surface area contributed by atoms with Gasteiger partial charge in [0.25, 0.3) is 0 Å². The highest BCUT2D eigenvalue weighted by Gasteiger charge is 1.96. The minimum Gasteiger partial charge on any atom is -0.492 e. The first kappa shape index (κ1) is 14.9. The van der Waals surface area contributed by atoms with E-state index in [1.807, 2.05) is 6.07 Å². The van der Waals surface area contributed by atoms with E-state index >= 15 is 0 Å². The Morgan fingerprint density at radius 2 is 1.75 bits per heavy atom. The first-order valence-electron chi connectivity index (χ1n) is 7.72. The zero-order chi connectivity index (χ0) is 14.0. The van der Waals surface area contributed by atoms with Gasteiger partial charge in [0.1, 0.15) is 12.4 Å². The minimum absolute atomic E-state index is 0.728. The summed E-state index contributed by atoms with van der Waals surface area (Å²) in [6, 6.07) is 14.6. The molecule has 0 heterocycles. The Morgan fingerprint density at radius 1 is 0.900 bits per heavy atom. The third-order valence-corrected chi connectivity index (χ3v) is 3.48. The molecule has 2 rings (SSSR count). The third-order valence-electron chi connectivity index (χ3n) is 3.48. The van der Waals surface area contributed by atoms with Crippen LogP contribution in [0.4, 0.5) is 0 Å². The second kappa shape index (κ2) is 8.60. The molecule has 0 bridgehead atoms. The average Bonchev–Trinajstić information content (AvgIpc) is 2.50. The lowest BCUT2D eigenvalue weighted by Gasteiger charge is -2.08. The molecule has 0 radical (unpaired) electrons. The molecule has 2 aromatic carbocycles. The quantitative estimate of drug-likeness (QED) is 0.683. The van der Waals surface area contributed by atoms with Gasteiger partial charge in [0.15, 0.2) is 0 Å². The van der Waals surface area contributed by atoms with Gasteiger partial charge in [0.05, 0.1) is 0 Å². The van der Waals surface area contributed by atoms with E-state index in [1.54, 1.807) is 0 Å². The number of benzene rings is 2. The second-order valence-corrected chi connectivity index (χ2v) is 5.17. The van der Waals surface area contributed by atoms with Gasteiger partial charge in [-0.1, -0.05) is 56.5 Å². The molecule has 2 nitrogen and oxygen atoms in total. The average molecular weight is 271 g/mol. The Kier molecular flexibility index (Phi) is 6.39. The smallest absolute Gasteiger partial charge is 0.120 e. The summed E-state index contributed by atoms with van der Waals surface area (Å²) in [7, 11) is 0. The summed E-state index contributed by atoms with van der Waals surface area (Å²) >= 11 is 0. The van der Waals surface area contributed by atoms with Crippen molar-refractivity contribution in [1.29, 1.82) is 0 Å². The van der Waals surface area contributed by atoms with E-state index in [2.05, 4.69) is 48.6 Å². The van der Waals surface area contributed by atoms with Crippen molar-refractivity contribution in [3.05, 3.63) is 42.5 Å². The fourth-order valence-electron chi connectivity index (χ4n) is 2.30. The molecular weight excluding hydrogens is 246 g/mol. The molecule has 0 spiro atoms. The Morgan fingerprint density at radius 3 is 2.60 bits per heavy atom. The van der Waals surface area contributed by atoms with Crippen molar-refractivity contribution in [3.63, 3.8) is 0 Å².